The standard InChI is InChI=1S/C13H23NO2/c1-12(2,3)16-11(15)10-8-13(14-9-10)6-4-5-7-13/h10,14H,4-9H2,1-3H3. The van der Waals surface area contributed by atoms with E-state index in [1.54, 1.807) is 0 Å². The fourth-order valence-corrected chi connectivity index (χ4v) is 2.94. The van der Waals surface area contributed by atoms with Crippen LogP contribution in [0.2, 0.25) is 0 Å². The monoisotopic (exact) mass is 225 g/mol. The summed E-state index contributed by atoms with van der Waals surface area (Å²) in [6.07, 6.45) is 6.03. The van der Waals surface area contributed by atoms with E-state index in [0.29, 0.717) is 0 Å². The van der Waals surface area contributed by atoms with E-state index in [0.717, 1.165) is 13.0 Å². The Morgan fingerprint density at radius 1 is 1.31 bits per heavy atom. The number of esters is 1. The van der Waals surface area contributed by atoms with Crippen LogP contribution in [-0.2, 0) is 9.53 Å². The summed E-state index contributed by atoms with van der Waals surface area (Å²) in [5, 5.41) is 3.55. The fourth-order valence-electron chi connectivity index (χ4n) is 2.94. The Labute approximate surface area is 97.9 Å². The first-order chi connectivity index (χ1) is 7.40. The van der Waals surface area contributed by atoms with Gasteiger partial charge in [0.2, 0.25) is 0 Å². The van der Waals surface area contributed by atoms with Crippen LogP contribution in [0.5, 0.6) is 0 Å². The van der Waals surface area contributed by atoms with Gasteiger partial charge in [0.1, 0.15) is 5.60 Å². The minimum atomic E-state index is -0.359. The molecule has 0 amide bonds. The molecule has 2 rings (SSSR count). The molecule has 92 valence electrons. The number of rotatable bonds is 1. The third-order valence-corrected chi connectivity index (χ3v) is 3.66. The summed E-state index contributed by atoms with van der Waals surface area (Å²) in [4.78, 5) is 11.9. The lowest BCUT2D eigenvalue weighted by Gasteiger charge is -2.24. The molecule has 0 aromatic carbocycles. The molecule has 1 saturated heterocycles. The first-order valence-corrected chi connectivity index (χ1v) is 6.38. The topological polar surface area (TPSA) is 38.3 Å². The number of carbonyl (C=O) groups is 1. The van der Waals surface area contributed by atoms with Gasteiger partial charge in [0, 0.05) is 12.1 Å². The van der Waals surface area contributed by atoms with Crippen molar-refractivity contribution in [2.75, 3.05) is 6.54 Å². The molecule has 0 radical (unpaired) electrons. The van der Waals surface area contributed by atoms with Crippen molar-refractivity contribution < 1.29 is 9.53 Å². The lowest BCUT2D eigenvalue weighted by molar-refractivity contribution is -0.159. The second kappa shape index (κ2) is 4.02. The molecule has 0 bridgehead atoms. The molecule has 0 aromatic rings. The number of hydrogen-bond acceptors (Lipinski definition) is 3. The highest BCUT2D eigenvalue weighted by Gasteiger charge is 2.44. The van der Waals surface area contributed by atoms with Crippen molar-refractivity contribution in [3.05, 3.63) is 0 Å². The van der Waals surface area contributed by atoms with Crippen LogP contribution in [0.1, 0.15) is 52.9 Å². The molecule has 0 aromatic heterocycles. The first kappa shape index (κ1) is 11.9. The predicted molar refractivity (Wildman–Crippen MR) is 63.2 cm³/mol. The van der Waals surface area contributed by atoms with Gasteiger partial charge in [0.15, 0.2) is 0 Å². The molecule has 1 aliphatic carbocycles. The quantitative estimate of drug-likeness (QED) is 0.696. The Balaban J connectivity index is 1.91. The van der Waals surface area contributed by atoms with Crippen molar-refractivity contribution in [1.29, 1.82) is 0 Å². The van der Waals surface area contributed by atoms with Gasteiger partial charge in [-0.1, -0.05) is 12.8 Å². The molecular formula is C13H23NO2. The SMILES string of the molecule is CC(C)(C)OC(=O)C1CNC2(CCCC2)C1. The third kappa shape index (κ3) is 2.57. The zero-order valence-corrected chi connectivity index (χ0v) is 10.6. The van der Waals surface area contributed by atoms with Gasteiger partial charge in [-0.2, -0.15) is 0 Å². The summed E-state index contributed by atoms with van der Waals surface area (Å²) in [5.41, 5.74) is -0.0932. The summed E-state index contributed by atoms with van der Waals surface area (Å²) in [7, 11) is 0. The molecule has 3 nitrogen and oxygen atoms in total. The van der Waals surface area contributed by atoms with Gasteiger partial charge in [-0.05, 0) is 40.0 Å². The Morgan fingerprint density at radius 3 is 2.50 bits per heavy atom. The molecule has 1 unspecified atom stereocenters. The van der Waals surface area contributed by atoms with E-state index in [4.69, 9.17) is 4.74 Å². The van der Waals surface area contributed by atoms with E-state index in [9.17, 15) is 4.79 Å². The van der Waals surface area contributed by atoms with Gasteiger partial charge in [-0.15, -0.1) is 0 Å². The number of ether oxygens (including phenoxy) is 1. The van der Waals surface area contributed by atoms with Crippen LogP contribution in [0, 0.1) is 5.92 Å². The van der Waals surface area contributed by atoms with E-state index in [-0.39, 0.29) is 23.0 Å². The van der Waals surface area contributed by atoms with E-state index in [2.05, 4.69) is 5.32 Å². The van der Waals surface area contributed by atoms with Gasteiger partial charge in [-0.25, -0.2) is 0 Å². The largest absolute Gasteiger partial charge is 0.460 e. The summed E-state index contributed by atoms with van der Waals surface area (Å²) in [5.74, 6) is 0.0427. The van der Waals surface area contributed by atoms with Crippen LogP contribution < -0.4 is 5.32 Å². The molecular weight excluding hydrogens is 202 g/mol. The average molecular weight is 225 g/mol. The highest BCUT2D eigenvalue weighted by atomic mass is 16.6. The van der Waals surface area contributed by atoms with E-state index >= 15 is 0 Å². The van der Waals surface area contributed by atoms with Crippen LogP contribution in [0.15, 0.2) is 0 Å². The first-order valence-electron chi connectivity index (χ1n) is 6.38. The molecule has 1 atom stereocenters. The van der Waals surface area contributed by atoms with Gasteiger partial charge in [0.05, 0.1) is 5.92 Å². The summed E-state index contributed by atoms with van der Waals surface area (Å²) < 4.78 is 5.45. The van der Waals surface area contributed by atoms with Crippen molar-refractivity contribution in [3.63, 3.8) is 0 Å². The lowest BCUT2D eigenvalue weighted by atomic mass is 9.91. The van der Waals surface area contributed by atoms with Crippen LogP contribution in [0.3, 0.4) is 0 Å². The normalized spacial score (nSPS) is 28.6. The van der Waals surface area contributed by atoms with Gasteiger partial charge in [-0.3, -0.25) is 4.79 Å². The molecule has 2 aliphatic rings. The summed E-state index contributed by atoms with van der Waals surface area (Å²) >= 11 is 0. The minimum Gasteiger partial charge on any atom is -0.460 e. The molecule has 1 spiro atoms. The summed E-state index contributed by atoms with van der Waals surface area (Å²) in [6, 6.07) is 0. The number of nitrogens with one attached hydrogen (secondary N) is 1. The van der Waals surface area contributed by atoms with Crippen LogP contribution >= 0.6 is 0 Å². The highest BCUT2D eigenvalue weighted by Crippen LogP contribution is 2.39. The highest BCUT2D eigenvalue weighted by molar-refractivity contribution is 5.73. The predicted octanol–water partition coefficient (Wildman–Crippen LogP) is 2.25. The second-order valence-corrected chi connectivity index (χ2v) is 6.30. The Hall–Kier alpha value is -0.570. The third-order valence-electron chi connectivity index (χ3n) is 3.66. The maximum absolute atomic E-state index is 11.9. The second-order valence-electron chi connectivity index (χ2n) is 6.30. The van der Waals surface area contributed by atoms with Crippen molar-refractivity contribution in [2.45, 2.75) is 64.0 Å². The van der Waals surface area contributed by atoms with Gasteiger partial charge >= 0.3 is 5.97 Å². The average Bonchev–Trinajstić information content (AvgIpc) is 2.74. The fraction of sp³-hybridized carbons (Fsp3) is 0.923. The zero-order chi connectivity index (χ0) is 11.8. The van der Waals surface area contributed by atoms with E-state index < -0.39 is 0 Å². The molecule has 2 fully saturated rings. The van der Waals surface area contributed by atoms with E-state index in [1.165, 1.54) is 25.7 Å². The maximum Gasteiger partial charge on any atom is 0.310 e. The van der Waals surface area contributed by atoms with Crippen molar-refractivity contribution in [2.24, 2.45) is 5.92 Å². The maximum atomic E-state index is 11.9. The van der Waals surface area contributed by atoms with Crippen molar-refractivity contribution >= 4 is 5.97 Å². The number of carbonyl (C=O) groups excluding carboxylic acids is 1. The number of hydrogen-bond donors (Lipinski definition) is 1. The molecule has 1 heterocycles. The zero-order valence-electron chi connectivity index (χ0n) is 10.6. The smallest absolute Gasteiger partial charge is 0.310 e. The van der Waals surface area contributed by atoms with E-state index in [1.807, 2.05) is 20.8 Å². The molecule has 3 heteroatoms. The molecule has 1 N–H and O–H groups in total. The Kier molecular flexibility index (Phi) is 2.99. The minimum absolute atomic E-state index is 0.0243. The van der Waals surface area contributed by atoms with Crippen LogP contribution in [0.25, 0.3) is 0 Å². The Morgan fingerprint density at radius 2 is 1.94 bits per heavy atom. The lowest BCUT2D eigenvalue weighted by Crippen LogP contribution is -2.35. The van der Waals surface area contributed by atoms with Gasteiger partial charge < -0.3 is 10.1 Å². The molecule has 16 heavy (non-hydrogen) atoms. The van der Waals surface area contributed by atoms with Gasteiger partial charge in [0.25, 0.3) is 0 Å². The van der Waals surface area contributed by atoms with Crippen LogP contribution in [0.4, 0.5) is 0 Å². The summed E-state index contributed by atoms with van der Waals surface area (Å²) in [6.45, 7) is 6.59. The molecule has 1 saturated carbocycles. The Bertz CT molecular complexity index is 274. The molecule has 1 aliphatic heterocycles. The van der Waals surface area contributed by atoms with Crippen molar-refractivity contribution in [1.82, 2.24) is 5.32 Å². The van der Waals surface area contributed by atoms with Crippen molar-refractivity contribution in [3.8, 4) is 0 Å². The van der Waals surface area contributed by atoms with Crippen LogP contribution in [-0.4, -0.2) is 23.7 Å².